The quantitative estimate of drug-likeness (QED) is 0.760. The third-order valence-electron chi connectivity index (χ3n) is 5.28. The highest BCUT2D eigenvalue weighted by molar-refractivity contribution is 5.95. The van der Waals surface area contributed by atoms with Crippen molar-refractivity contribution in [2.75, 3.05) is 31.6 Å². The second-order valence-electron chi connectivity index (χ2n) is 7.04. The summed E-state index contributed by atoms with van der Waals surface area (Å²) in [6, 6.07) is 7.83. The van der Waals surface area contributed by atoms with Crippen LogP contribution in [0.25, 0.3) is 0 Å². The maximum absolute atomic E-state index is 12.5. The van der Waals surface area contributed by atoms with E-state index in [-0.39, 0.29) is 5.91 Å². The minimum atomic E-state index is -1.11. The average molecular weight is 346 g/mol. The molecule has 0 aromatic heterocycles. The maximum Gasteiger partial charge on any atom is 0.228 e. The number of hydrogen-bond donors (Lipinski definition) is 2. The van der Waals surface area contributed by atoms with Crippen LogP contribution in [0.3, 0.4) is 0 Å². The van der Waals surface area contributed by atoms with Crippen molar-refractivity contribution in [3.8, 4) is 0 Å². The molecule has 0 radical (unpaired) electrons. The van der Waals surface area contributed by atoms with Gasteiger partial charge in [-0.3, -0.25) is 4.79 Å². The summed E-state index contributed by atoms with van der Waals surface area (Å²) in [4.78, 5) is 25.2. The van der Waals surface area contributed by atoms with Crippen LogP contribution in [0.4, 0.5) is 5.69 Å². The number of benzene rings is 1. The van der Waals surface area contributed by atoms with E-state index in [0.29, 0.717) is 18.5 Å². The zero-order valence-corrected chi connectivity index (χ0v) is 14.5. The van der Waals surface area contributed by atoms with E-state index in [1.807, 2.05) is 24.3 Å². The molecule has 136 valence electrons. The molecule has 1 saturated heterocycles. The smallest absolute Gasteiger partial charge is 0.228 e. The number of nitrogens with one attached hydrogen (secondary N) is 2. The van der Waals surface area contributed by atoms with E-state index < -0.39 is 17.8 Å². The molecule has 6 nitrogen and oxygen atoms in total. The van der Waals surface area contributed by atoms with Crippen molar-refractivity contribution in [1.82, 2.24) is 0 Å². The number of rotatable bonds is 5. The van der Waals surface area contributed by atoms with Gasteiger partial charge >= 0.3 is 0 Å². The Morgan fingerprint density at radius 1 is 1.08 bits per heavy atom. The maximum atomic E-state index is 12.5. The number of hydrogen-bond acceptors (Lipinski definition) is 4. The number of carbonyl (C=O) groups is 2. The van der Waals surface area contributed by atoms with Gasteiger partial charge in [-0.1, -0.05) is 25.0 Å². The predicted octanol–water partition coefficient (Wildman–Crippen LogP) is -0.403. The van der Waals surface area contributed by atoms with E-state index in [9.17, 15) is 14.7 Å². The summed E-state index contributed by atoms with van der Waals surface area (Å²) in [6.07, 6.45) is 2.88. The lowest BCUT2D eigenvalue weighted by atomic mass is 9.78. The number of aliphatic carboxylic acids is 1. The molecular formula is C19H26N2O4. The van der Waals surface area contributed by atoms with Gasteiger partial charge in [-0.05, 0) is 25.0 Å². The third-order valence-corrected chi connectivity index (χ3v) is 5.28. The minimum Gasteiger partial charge on any atom is -0.550 e. The Hall–Kier alpha value is -1.92. The normalized spacial score (nSPS) is 24.6. The van der Waals surface area contributed by atoms with Crippen molar-refractivity contribution < 1.29 is 24.3 Å². The molecule has 1 aliphatic carbocycles. The average Bonchev–Trinajstić information content (AvgIpc) is 2.64. The molecule has 1 aromatic carbocycles. The number of amides is 1. The molecule has 1 heterocycles. The first-order valence-corrected chi connectivity index (χ1v) is 9.15. The SMILES string of the molecule is O=C(Nc1ccc(C[NH+]2CCOCC2)cc1)[C@H]1CCCC[C@H]1C(=O)[O-]. The van der Waals surface area contributed by atoms with Gasteiger partial charge in [-0.2, -0.15) is 0 Å². The standard InChI is InChI=1S/C19H26N2O4/c22-18(16-3-1-2-4-17(16)19(23)24)20-15-7-5-14(6-8-15)13-21-9-11-25-12-10-21/h5-8,16-17H,1-4,9-13H2,(H,20,22)(H,23,24)/t16-,17+/m0/s1. The minimum absolute atomic E-state index is 0.208. The second kappa shape index (κ2) is 8.45. The van der Waals surface area contributed by atoms with Crippen molar-refractivity contribution in [3.05, 3.63) is 29.8 Å². The van der Waals surface area contributed by atoms with Crippen LogP contribution in [-0.2, 0) is 20.9 Å². The number of carboxylic acids is 1. The van der Waals surface area contributed by atoms with Gasteiger partial charge in [0.25, 0.3) is 0 Å². The Balaban J connectivity index is 1.56. The molecular weight excluding hydrogens is 320 g/mol. The van der Waals surface area contributed by atoms with Crippen LogP contribution in [0.5, 0.6) is 0 Å². The number of ether oxygens (including phenoxy) is 1. The Bertz CT molecular complexity index is 596. The van der Waals surface area contributed by atoms with Gasteiger partial charge in [0.1, 0.15) is 19.6 Å². The van der Waals surface area contributed by atoms with E-state index >= 15 is 0 Å². The second-order valence-corrected chi connectivity index (χ2v) is 7.04. The van der Waals surface area contributed by atoms with Gasteiger partial charge in [0.05, 0.1) is 13.2 Å². The highest BCUT2D eigenvalue weighted by atomic mass is 16.5. The molecule has 0 spiro atoms. The number of carboxylic acid groups (broad SMARTS) is 1. The van der Waals surface area contributed by atoms with Crippen LogP contribution in [-0.4, -0.2) is 38.2 Å². The van der Waals surface area contributed by atoms with Crippen LogP contribution in [0, 0.1) is 11.8 Å². The molecule has 2 N–H and O–H groups in total. The van der Waals surface area contributed by atoms with Crippen LogP contribution in [0.2, 0.25) is 0 Å². The van der Waals surface area contributed by atoms with Crippen molar-refractivity contribution in [1.29, 1.82) is 0 Å². The van der Waals surface area contributed by atoms with Gasteiger partial charge in [0.15, 0.2) is 0 Å². The number of morpholine rings is 1. The lowest BCUT2D eigenvalue weighted by Crippen LogP contribution is -3.12. The number of anilines is 1. The van der Waals surface area contributed by atoms with Gasteiger partial charge in [-0.25, -0.2) is 0 Å². The summed E-state index contributed by atoms with van der Waals surface area (Å²) in [5.74, 6) is -2.47. The van der Waals surface area contributed by atoms with E-state index in [4.69, 9.17) is 4.74 Å². The number of carbonyl (C=O) groups excluding carboxylic acids is 2. The van der Waals surface area contributed by atoms with E-state index in [2.05, 4.69) is 5.32 Å². The third kappa shape index (κ3) is 4.80. The van der Waals surface area contributed by atoms with E-state index in [0.717, 1.165) is 45.7 Å². The Morgan fingerprint density at radius 3 is 2.36 bits per heavy atom. The van der Waals surface area contributed by atoms with E-state index in [1.54, 1.807) is 0 Å². The summed E-state index contributed by atoms with van der Waals surface area (Å²) < 4.78 is 5.37. The molecule has 1 amide bonds. The van der Waals surface area contributed by atoms with Crippen LogP contribution in [0.1, 0.15) is 31.2 Å². The van der Waals surface area contributed by atoms with Crippen molar-refractivity contribution >= 4 is 17.6 Å². The van der Waals surface area contributed by atoms with Gasteiger partial charge in [0.2, 0.25) is 5.91 Å². The van der Waals surface area contributed by atoms with Crippen LogP contribution < -0.4 is 15.3 Å². The highest BCUT2D eigenvalue weighted by Crippen LogP contribution is 2.30. The van der Waals surface area contributed by atoms with Crippen molar-refractivity contribution in [2.45, 2.75) is 32.2 Å². The molecule has 2 atom stereocenters. The Labute approximate surface area is 148 Å². The van der Waals surface area contributed by atoms with E-state index in [1.165, 1.54) is 10.5 Å². The Kier molecular flexibility index (Phi) is 6.04. The monoisotopic (exact) mass is 346 g/mol. The lowest BCUT2D eigenvalue weighted by molar-refractivity contribution is -0.921. The molecule has 6 heteroatoms. The molecule has 2 fully saturated rings. The van der Waals surface area contributed by atoms with Gasteiger partial charge in [0, 0.05) is 29.1 Å². The first-order valence-electron chi connectivity index (χ1n) is 9.15. The summed E-state index contributed by atoms with van der Waals surface area (Å²) in [5, 5.41) is 14.1. The summed E-state index contributed by atoms with van der Waals surface area (Å²) >= 11 is 0. The largest absolute Gasteiger partial charge is 0.550 e. The molecule has 1 saturated carbocycles. The summed E-state index contributed by atoms with van der Waals surface area (Å²) in [5.41, 5.74) is 1.94. The first kappa shape index (κ1) is 17.9. The fraction of sp³-hybridized carbons (Fsp3) is 0.579. The lowest BCUT2D eigenvalue weighted by Gasteiger charge is -2.31. The summed E-state index contributed by atoms with van der Waals surface area (Å²) in [6.45, 7) is 4.61. The zero-order chi connectivity index (χ0) is 17.6. The fourth-order valence-electron chi connectivity index (χ4n) is 3.79. The van der Waals surface area contributed by atoms with Crippen LogP contribution >= 0.6 is 0 Å². The van der Waals surface area contributed by atoms with Gasteiger partial charge < -0.3 is 24.9 Å². The van der Waals surface area contributed by atoms with Crippen molar-refractivity contribution in [3.63, 3.8) is 0 Å². The van der Waals surface area contributed by atoms with Crippen molar-refractivity contribution in [2.24, 2.45) is 11.8 Å². The number of quaternary nitrogens is 1. The highest BCUT2D eigenvalue weighted by Gasteiger charge is 2.31. The predicted molar refractivity (Wildman–Crippen MR) is 90.7 cm³/mol. The molecule has 3 rings (SSSR count). The molecule has 0 bridgehead atoms. The summed E-state index contributed by atoms with van der Waals surface area (Å²) in [7, 11) is 0. The first-order chi connectivity index (χ1) is 12.1. The molecule has 25 heavy (non-hydrogen) atoms. The molecule has 2 aliphatic rings. The molecule has 1 aromatic rings. The van der Waals surface area contributed by atoms with Crippen LogP contribution in [0.15, 0.2) is 24.3 Å². The Morgan fingerprint density at radius 2 is 1.72 bits per heavy atom. The topological polar surface area (TPSA) is 82.9 Å². The molecule has 1 aliphatic heterocycles. The fourth-order valence-corrected chi connectivity index (χ4v) is 3.79. The molecule has 0 unspecified atom stereocenters. The van der Waals surface area contributed by atoms with Gasteiger partial charge in [-0.15, -0.1) is 0 Å². The zero-order valence-electron chi connectivity index (χ0n) is 14.5.